The lowest BCUT2D eigenvalue weighted by atomic mass is 9.56. The molecule has 0 spiro atoms. The molecular formula is C16H30O3Si. The minimum absolute atomic E-state index is 0.579. The minimum Gasteiger partial charge on any atom is -0.374 e. The monoisotopic (exact) mass is 298 g/mol. The quantitative estimate of drug-likeness (QED) is 0.668. The summed E-state index contributed by atoms with van der Waals surface area (Å²) in [6.07, 6.45) is 7.10. The molecule has 0 aliphatic heterocycles. The molecule has 4 rings (SSSR count). The summed E-state index contributed by atoms with van der Waals surface area (Å²) in [5, 5.41) is 0. The van der Waals surface area contributed by atoms with Gasteiger partial charge < -0.3 is 13.3 Å². The van der Waals surface area contributed by atoms with E-state index in [1.807, 2.05) is 0 Å². The van der Waals surface area contributed by atoms with Crippen LogP contribution in [0.1, 0.15) is 52.9 Å². The van der Waals surface area contributed by atoms with Gasteiger partial charge in [0.05, 0.1) is 0 Å². The molecule has 3 nitrogen and oxygen atoms in total. The third-order valence-electron chi connectivity index (χ3n) is 5.67. The molecule has 0 aromatic carbocycles. The molecular weight excluding hydrogens is 268 g/mol. The number of hydrogen-bond acceptors (Lipinski definition) is 3. The highest BCUT2D eigenvalue weighted by Crippen LogP contribution is 2.62. The van der Waals surface area contributed by atoms with Crippen molar-refractivity contribution in [2.24, 2.45) is 23.7 Å². The van der Waals surface area contributed by atoms with Crippen LogP contribution in [-0.4, -0.2) is 28.6 Å². The van der Waals surface area contributed by atoms with Gasteiger partial charge >= 0.3 is 8.80 Å². The highest BCUT2D eigenvalue weighted by atomic mass is 28.4. The molecule has 0 heterocycles. The van der Waals surface area contributed by atoms with E-state index in [9.17, 15) is 0 Å². The van der Waals surface area contributed by atoms with Crippen molar-refractivity contribution in [1.82, 2.24) is 0 Å². The van der Waals surface area contributed by atoms with Crippen molar-refractivity contribution >= 4 is 8.80 Å². The van der Waals surface area contributed by atoms with Crippen molar-refractivity contribution in [3.05, 3.63) is 0 Å². The maximum absolute atomic E-state index is 6.23. The van der Waals surface area contributed by atoms with Gasteiger partial charge in [0.1, 0.15) is 0 Å². The van der Waals surface area contributed by atoms with Gasteiger partial charge in [-0.1, -0.05) is 0 Å². The SMILES string of the molecule is CCO[Si](OCC)(OCC)C1C2CC3CC(C2)CC1C3. The van der Waals surface area contributed by atoms with Crippen LogP contribution in [0, 0.1) is 23.7 Å². The Morgan fingerprint density at radius 3 is 1.45 bits per heavy atom. The van der Waals surface area contributed by atoms with E-state index in [4.69, 9.17) is 13.3 Å². The zero-order valence-corrected chi connectivity index (χ0v) is 14.3. The summed E-state index contributed by atoms with van der Waals surface area (Å²) in [6.45, 7) is 8.39. The largest absolute Gasteiger partial charge is 0.504 e. The van der Waals surface area contributed by atoms with E-state index in [-0.39, 0.29) is 0 Å². The maximum Gasteiger partial charge on any atom is 0.504 e. The second-order valence-electron chi connectivity index (χ2n) is 6.86. The molecule has 20 heavy (non-hydrogen) atoms. The third kappa shape index (κ3) is 2.49. The van der Waals surface area contributed by atoms with Crippen LogP contribution in [0.3, 0.4) is 0 Å². The smallest absolute Gasteiger partial charge is 0.374 e. The summed E-state index contributed by atoms with van der Waals surface area (Å²) >= 11 is 0. The van der Waals surface area contributed by atoms with Gasteiger partial charge in [0.25, 0.3) is 0 Å². The van der Waals surface area contributed by atoms with Crippen LogP contribution in [-0.2, 0) is 13.3 Å². The molecule has 4 saturated carbocycles. The summed E-state index contributed by atoms with van der Waals surface area (Å²) in [7, 11) is -2.50. The highest BCUT2D eigenvalue weighted by Gasteiger charge is 2.61. The summed E-state index contributed by atoms with van der Waals surface area (Å²) in [5.41, 5.74) is 0.579. The van der Waals surface area contributed by atoms with E-state index in [2.05, 4.69) is 20.8 Å². The molecule has 4 fully saturated rings. The Morgan fingerprint density at radius 2 is 1.10 bits per heavy atom. The van der Waals surface area contributed by atoms with Gasteiger partial charge in [0.2, 0.25) is 0 Å². The Bertz CT molecular complexity index is 289. The first-order valence-corrected chi connectivity index (χ1v) is 10.4. The first-order valence-electron chi connectivity index (χ1n) is 8.64. The first kappa shape index (κ1) is 15.0. The topological polar surface area (TPSA) is 27.7 Å². The van der Waals surface area contributed by atoms with E-state index in [0.717, 1.165) is 43.5 Å². The van der Waals surface area contributed by atoms with Gasteiger partial charge in [0.15, 0.2) is 0 Å². The van der Waals surface area contributed by atoms with Crippen LogP contribution in [0.2, 0.25) is 5.54 Å². The van der Waals surface area contributed by atoms with E-state index in [1.165, 1.54) is 32.1 Å². The molecule has 0 aromatic rings. The Balaban J connectivity index is 1.85. The van der Waals surface area contributed by atoms with Crippen LogP contribution < -0.4 is 0 Å². The van der Waals surface area contributed by atoms with E-state index in [1.54, 1.807) is 0 Å². The van der Waals surface area contributed by atoms with Crippen molar-refractivity contribution < 1.29 is 13.3 Å². The average Bonchev–Trinajstić information content (AvgIpc) is 2.38. The van der Waals surface area contributed by atoms with Crippen molar-refractivity contribution in [2.45, 2.75) is 58.4 Å². The molecule has 0 amide bonds. The Kier molecular flexibility index (Phi) is 4.56. The van der Waals surface area contributed by atoms with Gasteiger partial charge in [-0.05, 0) is 76.5 Å². The molecule has 4 bridgehead atoms. The number of rotatable bonds is 7. The van der Waals surface area contributed by atoms with E-state index < -0.39 is 8.80 Å². The lowest BCUT2D eigenvalue weighted by Crippen LogP contribution is -2.59. The summed E-state index contributed by atoms with van der Waals surface area (Å²) in [6, 6.07) is 0. The molecule has 4 aliphatic carbocycles. The van der Waals surface area contributed by atoms with Crippen LogP contribution >= 0.6 is 0 Å². The Morgan fingerprint density at radius 1 is 0.700 bits per heavy atom. The van der Waals surface area contributed by atoms with Crippen LogP contribution in [0.25, 0.3) is 0 Å². The Labute approximate surface area is 124 Å². The minimum atomic E-state index is -2.50. The van der Waals surface area contributed by atoms with Crippen molar-refractivity contribution in [3.63, 3.8) is 0 Å². The van der Waals surface area contributed by atoms with Gasteiger partial charge in [-0.3, -0.25) is 0 Å². The first-order chi connectivity index (χ1) is 9.72. The predicted molar refractivity (Wildman–Crippen MR) is 81.4 cm³/mol. The highest BCUT2D eigenvalue weighted by molar-refractivity contribution is 6.62. The van der Waals surface area contributed by atoms with Crippen LogP contribution in [0.5, 0.6) is 0 Å². The van der Waals surface area contributed by atoms with Crippen molar-refractivity contribution in [1.29, 1.82) is 0 Å². The van der Waals surface area contributed by atoms with Gasteiger partial charge in [0, 0.05) is 25.4 Å². The molecule has 0 atom stereocenters. The molecule has 116 valence electrons. The fraction of sp³-hybridized carbons (Fsp3) is 1.00. The number of hydrogen-bond donors (Lipinski definition) is 0. The summed E-state index contributed by atoms with van der Waals surface area (Å²) in [5.74, 6) is 3.60. The van der Waals surface area contributed by atoms with Gasteiger partial charge in [-0.15, -0.1) is 0 Å². The molecule has 0 aromatic heterocycles. The zero-order valence-electron chi connectivity index (χ0n) is 13.3. The molecule has 4 aliphatic rings. The summed E-state index contributed by atoms with van der Waals surface area (Å²) in [4.78, 5) is 0. The van der Waals surface area contributed by atoms with E-state index in [0.29, 0.717) is 5.54 Å². The van der Waals surface area contributed by atoms with Crippen molar-refractivity contribution in [3.8, 4) is 0 Å². The fourth-order valence-electron chi connectivity index (χ4n) is 5.52. The normalized spacial score (nSPS) is 39.5. The second-order valence-corrected chi connectivity index (χ2v) is 9.60. The summed E-state index contributed by atoms with van der Waals surface area (Å²) < 4.78 is 18.7. The molecule has 4 heteroatoms. The second kappa shape index (κ2) is 6.07. The molecule has 0 N–H and O–H groups in total. The standard InChI is InChI=1S/C16H30O3Si/c1-4-17-20(18-5-2,19-6-3)16-14-8-12-7-13(10-14)11-15(16)9-12/h12-16H,4-11H2,1-3H3. The van der Waals surface area contributed by atoms with Crippen LogP contribution in [0.15, 0.2) is 0 Å². The molecule has 0 unspecified atom stereocenters. The predicted octanol–water partition coefficient (Wildman–Crippen LogP) is 3.86. The van der Waals surface area contributed by atoms with Crippen molar-refractivity contribution in [2.75, 3.05) is 19.8 Å². The average molecular weight is 298 g/mol. The Hall–Kier alpha value is 0.0969. The molecule has 0 radical (unpaired) electrons. The van der Waals surface area contributed by atoms with Gasteiger partial charge in [-0.25, -0.2) is 0 Å². The lowest BCUT2D eigenvalue weighted by molar-refractivity contribution is -0.0300. The lowest BCUT2D eigenvalue weighted by Gasteiger charge is -2.57. The molecule has 0 saturated heterocycles. The van der Waals surface area contributed by atoms with Gasteiger partial charge in [-0.2, -0.15) is 0 Å². The van der Waals surface area contributed by atoms with Crippen LogP contribution in [0.4, 0.5) is 0 Å². The fourth-order valence-corrected chi connectivity index (χ4v) is 9.25. The van der Waals surface area contributed by atoms with E-state index >= 15 is 0 Å². The maximum atomic E-state index is 6.23. The zero-order chi connectivity index (χ0) is 14.2. The third-order valence-corrected chi connectivity index (χ3v) is 9.50.